The molecular weight excluding hydrogens is 294 g/mol. The molecule has 0 N–H and O–H groups in total. The van der Waals surface area contributed by atoms with E-state index in [2.05, 4.69) is 6.07 Å². The van der Waals surface area contributed by atoms with Gasteiger partial charge < -0.3 is 4.90 Å². The highest BCUT2D eigenvalue weighted by atomic mass is 16.6. The van der Waals surface area contributed by atoms with Crippen molar-refractivity contribution in [3.05, 3.63) is 75.3 Å². The Labute approximate surface area is 132 Å². The lowest BCUT2D eigenvalue weighted by molar-refractivity contribution is -0.384. The van der Waals surface area contributed by atoms with Gasteiger partial charge in [-0.05, 0) is 29.7 Å². The minimum absolute atomic E-state index is 0.0672. The number of hydrogen-bond acceptors (Lipinski definition) is 4. The summed E-state index contributed by atoms with van der Waals surface area (Å²) in [6.07, 6.45) is 0.688. The van der Waals surface area contributed by atoms with Crippen LogP contribution in [0.2, 0.25) is 0 Å². The second-order valence-electron chi connectivity index (χ2n) is 5.28. The third kappa shape index (κ3) is 2.64. The molecule has 3 rings (SSSR count). The molecule has 114 valence electrons. The van der Waals surface area contributed by atoms with Gasteiger partial charge in [-0.2, -0.15) is 5.26 Å². The Morgan fingerprint density at radius 1 is 1.22 bits per heavy atom. The van der Waals surface area contributed by atoms with E-state index < -0.39 is 11.0 Å². The lowest BCUT2D eigenvalue weighted by Gasteiger charge is -2.33. The Morgan fingerprint density at radius 2 is 1.91 bits per heavy atom. The molecule has 2 aromatic carbocycles. The Balaban J connectivity index is 1.91. The fourth-order valence-electron chi connectivity index (χ4n) is 2.82. The monoisotopic (exact) mass is 307 g/mol. The molecule has 0 fully saturated rings. The van der Waals surface area contributed by atoms with Crippen LogP contribution in [-0.2, 0) is 6.42 Å². The topological polar surface area (TPSA) is 87.2 Å². The first kappa shape index (κ1) is 14.7. The summed E-state index contributed by atoms with van der Waals surface area (Å²) in [6.45, 7) is 0.449. The molecule has 0 saturated carbocycles. The van der Waals surface area contributed by atoms with E-state index in [1.54, 1.807) is 0 Å². The Bertz CT molecular complexity index is 809. The molecule has 0 radical (unpaired) electrons. The molecule has 0 spiro atoms. The predicted molar refractivity (Wildman–Crippen MR) is 82.6 cm³/mol. The lowest BCUT2D eigenvalue weighted by Crippen LogP contribution is -2.39. The number of carbonyl (C=O) groups is 1. The maximum atomic E-state index is 12.7. The van der Waals surface area contributed by atoms with Crippen LogP contribution < -0.4 is 0 Å². The van der Waals surface area contributed by atoms with Crippen LogP contribution in [0, 0.1) is 21.4 Å². The van der Waals surface area contributed by atoms with Gasteiger partial charge in [-0.3, -0.25) is 14.9 Å². The molecule has 0 saturated heterocycles. The minimum Gasteiger partial charge on any atom is -0.318 e. The van der Waals surface area contributed by atoms with E-state index in [1.807, 2.05) is 24.3 Å². The van der Waals surface area contributed by atoms with Crippen LogP contribution >= 0.6 is 0 Å². The summed E-state index contributed by atoms with van der Waals surface area (Å²) in [6, 6.07) is 14.6. The number of benzene rings is 2. The highest BCUT2D eigenvalue weighted by molar-refractivity contribution is 5.95. The largest absolute Gasteiger partial charge is 0.318 e. The summed E-state index contributed by atoms with van der Waals surface area (Å²) in [5.41, 5.74) is 2.20. The minimum atomic E-state index is -0.636. The van der Waals surface area contributed by atoms with Crippen LogP contribution in [0.1, 0.15) is 27.5 Å². The molecule has 1 amide bonds. The van der Waals surface area contributed by atoms with Gasteiger partial charge in [0.25, 0.3) is 11.6 Å². The molecule has 1 heterocycles. The van der Waals surface area contributed by atoms with Crippen LogP contribution in [-0.4, -0.2) is 22.3 Å². The highest BCUT2D eigenvalue weighted by Gasteiger charge is 2.31. The molecule has 1 aliphatic rings. The first-order valence-corrected chi connectivity index (χ1v) is 7.14. The van der Waals surface area contributed by atoms with Gasteiger partial charge in [0.1, 0.15) is 6.04 Å². The van der Waals surface area contributed by atoms with Crippen molar-refractivity contribution in [3.8, 4) is 6.07 Å². The quantitative estimate of drug-likeness (QED) is 0.630. The summed E-state index contributed by atoms with van der Waals surface area (Å²) in [5, 5.41) is 20.2. The number of rotatable bonds is 2. The maximum absolute atomic E-state index is 12.7. The molecule has 1 aliphatic heterocycles. The fourth-order valence-corrected chi connectivity index (χ4v) is 2.82. The average molecular weight is 307 g/mol. The number of fused-ring (bicyclic) bond motifs is 1. The van der Waals surface area contributed by atoms with Crippen LogP contribution in [0.5, 0.6) is 0 Å². The van der Waals surface area contributed by atoms with Crippen molar-refractivity contribution in [2.45, 2.75) is 12.5 Å². The van der Waals surface area contributed by atoms with Gasteiger partial charge in [0.05, 0.1) is 11.0 Å². The van der Waals surface area contributed by atoms with Gasteiger partial charge in [-0.25, -0.2) is 0 Å². The molecule has 23 heavy (non-hydrogen) atoms. The van der Waals surface area contributed by atoms with E-state index in [0.717, 1.165) is 11.1 Å². The summed E-state index contributed by atoms with van der Waals surface area (Å²) in [5.74, 6) is -0.291. The van der Waals surface area contributed by atoms with E-state index in [1.165, 1.54) is 29.2 Å². The Morgan fingerprint density at radius 3 is 2.57 bits per heavy atom. The molecule has 0 aliphatic carbocycles. The predicted octanol–water partition coefficient (Wildman–Crippen LogP) is 2.86. The van der Waals surface area contributed by atoms with Crippen molar-refractivity contribution >= 4 is 11.6 Å². The highest BCUT2D eigenvalue weighted by Crippen LogP contribution is 2.30. The number of nitro benzene ring substituents is 1. The Hall–Kier alpha value is -3.20. The van der Waals surface area contributed by atoms with E-state index >= 15 is 0 Å². The lowest BCUT2D eigenvalue weighted by atomic mass is 9.93. The zero-order valence-corrected chi connectivity index (χ0v) is 12.2. The van der Waals surface area contributed by atoms with Crippen LogP contribution in [0.25, 0.3) is 0 Å². The standard InChI is InChI=1S/C17H13N3O3/c18-11-16-15-4-2-1-3-12(15)9-10-19(16)17(21)13-5-7-14(8-6-13)20(22)23/h1-8,16H,9-10H2/t16-/m0/s1. The molecule has 6 heteroatoms. The molecule has 2 aromatic rings. The Kier molecular flexibility index (Phi) is 3.77. The summed E-state index contributed by atoms with van der Waals surface area (Å²) < 4.78 is 0. The SMILES string of the molecule is N#C[C@H]1c2ccccc2CCN1C(=O)c1ccc([N+](=O)[O-])cc1. The van der Waals surface area contributed by atoms with Gasteiger partial charge >= 0.3 is 0 Å². The number of hydrogen-bond donors (Lipinski definition) is 0. The second-order valence-corrected chi connectivity index (χ2v) is 5.28. The number of nitro groups is 1. The molecular formula is C17H13N3O3. The van der Waals surface area contributed by atoms with E-state index in [4.69, 9.17) is 0 Å². The van der Waals surface area contributed by atoms with Crippen molar-refractivity contribution in [3.63, 3.8) is 0 Å². The van der Waals surface area contributed by atoms with Crippen molar-refractivity contribution < 1.29 is 9.72 Å². The molecule has 0 aromatic heterocycles. The van der Waals surface area contributed by atoms with Gasteiger partial charge in [-0.1, -0.05) is 24.3 Å². The zero-order chi connectivity index (χ0) is 16.4. The van der Waals surface area contributed by atoms with Gasteiger partial charge in [0.15, 0.2) is 0 Å². The first-order chi connectivity index (χ1) is 11.1. The molecule has 1 atom stereocenters. The van der Waals surface area contributed by atoms with Crippen molar-refractivity contribution in [2.24, 2.45) is 0 Å². The zero-order valence-electron chi connectivity index (χ0n) is 12.2. The van der Waals surface area contributed by atoms with Crippen LogP contribution in [0.4, 0.5) is 5.69 Å². The average Bonchev–Trinajstić information content (AvgIpc) is 2.60. The molecule has 6 nitrogen and oxygen atoms in total. The number of nitriles is 1. The van der Waals surface area contributed by atoms with Crippen molar-refractivity contribution in [2.75, 3.05) is 6.54 Å². The molecule has 0 bridgehead atoms. The van der Waals surface area contributed by atoms with Crippen LogP contribution in [0.3, 0.4) is 0 Å². The smallest absolute Gasteiger partial charge is 0.269 e. The van der Waals surface area contributed by atoms with Crippen molar-refractivity contribution in [1.82, 2.24) is 4.90 Å². The van der Waals surface area contributed by atoms with E-state index in [0.29, 0.717) is 18.5 Å². The third-order valence-corrected chi connectivity index (χ3v) is 3.99. The van der Waals surface area contributed by atoms with Gasteiger partial charge in [0.2, 0.25) is 0 Å². The summed E-state index contributed by atoms with van der Waals surface area (Å²) >= 11 is 0. The van der Waals surface area contributed by atoms with Crippen molar-refractivity contribution in [1.29, 1.82) is 5.26 Å². The van der Waals surface area contributed by atoms with Gasteiger partial charge in [0, 0.05) is 24.2 Å². The van der Waals surface area contributed by atoms with Crippen LogP contribution in [0.15, 0.2) is 48.5 Å². The number of non-ortho nitro benzene ring substituents is 1. The van der Waals surface area contributed by atoms with Gasteiger partial charge in [-0.15, -0.1) is 0 Å². The third-order valence-electron chi connectivity index (χ3n) is 3.99. The number of amides is 1. The molecule has 0 unspecified atom stereocenters. The van der Waals surface area contributed by atoms with E-state index in [-0.39, 0.29) is 11.6 Å². The number of nitrogens with zero attached hydrogens (tertiary/aromatic N) is 3. The van der Waals surface area contributed by atoms with E-state index in [9.17, 15) is 20.2 Å². The second kappa shape index (κ2) is 5.89. The summed E-state index contributed by atoms with van der Waals surface area (Å²) in [7, 11) is 0. The maximum Gasteiger partial charge on any atom is 0.269 e. The first-order valence-electron chi connectivity index (χ1n) is 7.14. The summed E-state index contributed by atoms with van der Waals surface area (Å²) in [4.78, 5) is 24.4. The fraction of sp³-hybridized carbons (Fsp3) is 0.176. The number of carbonyl (C=O) groups excluding carboxylic acids is 1. The normalized spacial score (nSPS) is 16.3.